The fourth-order valence-corrected chi connectivity index (χ4v) is 2.84. The minimum atomic E-state index is -1.07. The Hall–Kier alpha value is -2.88. The summed E-state index contributed by atoms with van der Waals surface area (Å²) < 4.78 is 48.1. The summed E-state index contributed by atoms with van der Waals surface area (Å²) in [4.78, 5) is 12.3. The zero-order chi connectivity index (χ0) is 17.6. The van der Waals surface area contributed by atoms with E-state index < -0.39 is 23.1 Å². The van der Waals surface area contributed by atoms with E-state index in [0.29, 0.717) is 42.9 Å². The zero-order valence-corrected chi connectivity index (χ0v) is 12.8. The first-order chi connectivity index (χ1) is 12.0. The Morgan fingerprint density at radius 3 is 2.64 bits per heavy atom. The number of hydrogen-bond donors (Lipinski definition) is 2. The lowest BCUT2D eigenvalue weighted by molar-refractivity contribution is 0.187. The summed E-state index contributed by atoms with van der Waals surface area (Å²) in [6.45, 7) is 0.946. The van der Waals surface area contributed by atoms with E-state index in [9.17, 15) is 13.2 Å². The van der Waals surface area contributed by atoms with Crippen LogP contribution in [0.3, 0.4) is 0 Å². The molecule has 0 bridgehead atoms. The average molecular weight is 350 g/mol. The van der Waals surface area contributed by atoms with Gasteiger partial charge in [0, 0.05) is 18.7 Å². The molecule has 0 saturated carbocycles. The van der Waals surface area contributed by atoms with Crippen molar-refractivity contribution in [1.29, 1.82) is 0 Å². The first-order valence-corrected chi connectivity index (χ1v) is 7.52. The lowest BCUT2D eigenvalue weighted by Gasteiger charge is -2.16. The summed E-state index contributed by atoms with van der Waals surface area (Å²) in [5.41, 5.74) is 5.97. The standard InChI is InChI=1S/C15H13F3N6O/c16-7-3-9(17)12(10(18)4-7)22-15-21-11-5-20-14(19)23-13(11)24(15)8-1-2-25-6-8/h3-5,8H,1-2,6H2,(H,21,22)(H2,19,20,23). The number of nitrogens with one attached hydrogen (secondary N) is 1. The maximum absolute atomic E-state index is 14.0. The summed E-state index contributed by atoms with van der Waals surface area (Å²) >= 11 is 0. The molecule has 25 heavy (non-hydrogen) atoms. The Morgan fingerprint density at radius 1 is 1.20 bits per heavy atom. The first-order valence-electron chi connectivity index (χ1n) is 7.52. The van der Waals surface area contributed by atoms with E-state index in [0.717, 1.165) is 0 Å². The molecule has 1 saturated heterocycles. The smallest absolute Gasteiger partial charge is 0.222 e. The van der Waals surface area contributed by atoms with Crippen molar-refractivity contribution in [2.75, 3.05) is 24.3 Å². The lowest BCUT2D eigenvalue weighted by atomic mass is 10.2. The van der Waals surface area contributed by atoms with E-state index in [1.54, 1.807) is 4.57 Å². The van der Waals surface area contributed by atoms with Gasteiger partial charge in [-0.25, -0.2) is 23.1 Å². The van der Waals surface area contributed by atoms with Crippen LogP contribution in [0, 0.1) is 17.5 Å². The highest BCUT2D eigenvalue weighted by Crippen LogP contribution is 2.31. The van der Waals surface area contributed by atoms with Crippen LogP contribution >= 0.6 is 0 Å². The van der Waals surface area contributed by atoms with Crippen molar-refractivity contribution in [3.63, 3.8) is 0 Å². The third kappa shape index (κ3) is 2.74. The molecular weight excluding hydrogens is 337 g/mol. The molecule has 1 aliphatic heterocycles. The van der Waals surface area contributed by atoms with Gasteiger partial charge in [-0.05, 0) is 6.42 Å². The minimum absolute atomic E-state index is 0.0539. The molecule has 0 spiro atoms. The van der Waals surface area contributed by atoms with Crippen molar-refractivity contribution in [3.8, 4) is 0 Å². The average Bonchev–Trinajstić information content (AvgIpc) is 3.17. The number of rotatable bonds is 3. The number of fused-ring (bicyclic) bond motifs is 1. The number of ether oxygens (including phenoxy) is 1. The van der Waals surface area contributed by atoms with Crippen molar-refractivity contribution < 1.29 is 17.9 Å². The van der Waals surface area contributed by atoms with E-state index in [1.807, 2.05) is 0 Å². The van der Waals surface area contributed by atoms with Crippen molar-refractivity contribution in [3.05, 3.63) is 35.8 Å². The molecule has 1 aliphatic rings. The number of halogens is 3. The Kier molecular flexibility index (Phi) is 3.68. The molecule has 1 unspecified atom stereocenters. The molecule has 2 aromatic heterocycles. The number of nitrogens with zero attached hydrogens (tertiary/aromatic N) is 4. The monoisotopic (exact) mass is 350 g/mol. The molecule has 10 heteroatoms. The van der Waals surface area contributed by atoms with Crippen LogP contribution in [-0.2, 0) is 4.74 Å². The number of benzene rings is 1. The van der Waals surface area contributed by atoms with E-state index in [2.05, 4.69) is 20.3 Å². The topological polar surface area (TPSA) is 90.9 Å². The van der Waals surface area contributed by atoms with Crippen LogP contribution in [0.4, 0.5) is 30.8 Å². The third-order valence-electron chi connectivity index (χ3n) is 3.97. The van der Waals surface area contributed by atoms with Crippen LogP contribution in [0.25, 0.3) is 11.2 Å². The largest absolute Gasteiger partial charge is 0.379 e. The van der Waals surface area contributed by atoms with Gasteiger partial charge in [0.25, 0.3) is 0 Å². The van der Waals surface area contributed by atoms with E-state index in [1.165, 1.54) is 6.20 Å². The van der Waals surface area contributed by atoms with E-state index in [4.69, 9.17) is 10.5 Å². The molecule has 1 aromatic carbocycles. The minimum Gasteiger partial charge on any atom is -0.379 e. The van der Waals surface area contributed by atoms with Gasteiger partial charge in [-0.3, -0.25) is 4.57 Å². The maximum atomic E-state index is 14.0. The van der Waals surface area contributed by atoms with E-state index >= 15 is 0 Å². The summed E-state index contributed by atoms with van der Waals surface area (Å²) in [5.74, 6) is -2.93. The maximum Gasteiger partial charge on any atom is 0.222 e. The van der Waals surface area contributed by atoms with Gasteiger partial charge < -0.3 is 15.8 Å². The molecule has 4 rings (SSSR count). The van der Waals surface area contributed by atoms with Crippen LogP contribution in [0.15, 0.2) is 18.3 Å². The molecule has 3 N–H and O–H groups in total. The van der Waals surface area contributed by atoms with Crippen LogP contribution in [-0.4, -0.2) is 32.7 Å². The zero-order valence-electron chi connectivity index (χ0n) is 12.8. The quantitative estimate of drug-likeness (QED) is 0.754. The second-order valence-corrected chi connectivity index (χ2v) is 5.63. The fourth-order valence-electron chi connectivity index (χ4n) is 2.84. The second kappa shape index (κ2) is 5.88. The highest BCUT2D eigenvalue weighted by atomic mass is 19.1. The molecule has 3 heterocycles. The van der Waals surface area contributed by atoms with Crippen molar-refractivity contribution in [2.45, 2.75) is 12.5 Å². The number of hydrogen-bond acceptors (Lipinski definition) is 6. The van der Waals surface area contributed by atoms with Crippen LogP contribution in [0.1, 0.15) is 12.5 Å². The Labute approximate surface area is 139 Å². The summed E-state index contributed by atoms with van der Waals surface area (Å²) in [6.07, 6.45) is 2.10. The molecule has 7 nitrogen and oxygen atoms in total. The normalized spacial score (nSPS) is 17.3. The third-order valence-corrected chi connectivity index (χ3v) is 3.97. The highest BCUT2D eigenvalue weighted by molar-refractivity contribution is 5.76. The molecule has 0 amide bonds. The molecular formula is C15H13F3N6O. The van der Waals surface area contributed by atoms with Gasteiger partial charge >= 0.3 is 0 Å². The van der Waals surface area contributed by atoms with Crippen molar-refractivity contribution in [2.24, 2.45) is 0 Å². The molecule has 1 fully saturated rings. The first kappa shape index (κ1) is 15.6. The van der Waals surface area contributed by atoms with Gasteiger partial charge in [0.15, 0.2) is 17.3 Å². The highest BCUT2D eigenvalue weighted by Gasteiger charge is 2.25. The number of nitrogens with two attached hydrogens (primary N) is 1. The van der Waals surface area contributed by atoms with Gasteiger partial charge in [-0.1, -0.05) is 0 Å². The summed E-state index contributed by atoms with van der Waals surface area (Å²) in [7, 11) is 0. The predicted molar refractivity (Wildman–Crippen MR) is 83.8 cm³/mol. The molecule has 0 aliphatic carbocycles. The second-order valence-electron chi connectivity index (χ2n) is 5.63. The molecule has 0 radical (unpaired) electrons. The molecule has 3 aromatic rings. The number of anilines is 3. The number of aromatic nitrogens is 4. The number of imidazole rings is 1. The number of nitrogen functional groups attached to an aromatic ring is 1. The fraction of sp³-hybridized carbons (Fsp3) is 0.267. The van der Waals surface area contributed by atoms with E-state index in [-0.39, 0.29) is 17.9 Å². The van der Waals surface area contributed by atoms with Crippen LogP contribution < -0.4 is 11.1 Å². The van der Waals surface area contributed by atoms with Gasteiger partial charge in [-0.2, -0.15) is 4.98 Å². The molecule has 130 valence electrons. The van der Waals surface area contributed by atoms with Crippen molar-refractivity contribution in [1.82, 2.24) is 19.5 Å². The molecule has 1 atom stereocenters. The Balaban J connectivity index is 1.85. The van der Waals surface area contributed by atoms with Gasteiger partial charge in [0.2, 0.25) is 11.9 Å². The van der Waals surface area contributed by atoms with Gasteiger partial charge in [0.05, 0.1) is 18.8 Å². The van der Waals surface area contributed by atoms with Crippen molar-refractivity contribution >= 4 is 28.7 Å². The summed E-state index contributed by atoms with van der Waals surface area (Å²) in [6, 6.07) is 1.05. The van der Waals surface area contributed by atoms with Crippen LogP contribution in [0.5, 0.6) is 0 Å². The Bertz CT molecular complexity index is 931. The summed E-state index contributed by atoms with van der Waals surface area (Å²) in [5, 5.41) is 2.59. The van der Waals surface area contributed by atoms with Crippen LogP contribution in [0.2, 0.25) is 0 Å². The lowest BCUT2D eigenvalue weighted by Crippen LogP contribution is -2.13. The SMILES string of the molecule is Nc1ncc2nc(Nc3c(F)cc(F)cc3F)n(C3CCOC3)c2n1. The van der Waals surface area contributed by atoms with Gasteiger partial charge in [0.1, 0.15) is 17.0 Å². The van der Waals surface area contributed by atoms with Gasteiger partial charge in [-0.15, -0.1) is 0 Å². The Morgan fingerprint density at radius 2 is 1.96 bits per heavy atom. The predicted octanol–water partition coefficient (Wildman–Crippen LogP) is 2.53.